The first kappa shape index (κ1) is 83.6. The molecule has 0 saturated heterocycles. The Hall–Kier alpha value is -9.61. The Morgan fingerprint density at radius 1 is 0.472 bits per heavy atom. The molecule has 0 aliphatic carbocycles. The lowest BCUT2D eigenvalue weighted by atomic mass is 10.2. The second-order valence-electron chi connectivity index (χ2n) is 21.7. The van der Waals surface area contributed by atoms with E-state index in [1.54, 1.807) is 207 Å². The molecule has 4 unspecified atom stereocenters. The molecule has 89 heavy (non-hydrogen) atoms. The first-order valence-corrected chi connectivity index (χ1v) is 27.6. The van der Waals surface area contributed by atoms with E-state index in [1.165, 1.54) is 32.1 Å². The monoisotopic (exact) mass is 1250 g/mol. The van der Waals surface area contributed by atoms with Crippen LogP contribution in [-0.2, 0) is 61.9 Å². The van der Waals surface area contributed by atoms with Crippen LogP contribution in [0.3, 0.4) is 0 Å². The van der Waals surface area contributed by atoms with E-state index in [-0.39, 0.29) is 0 Å². The van der Waals surface area contributed by atoms with Gasteiger partial charge in [-0.15, -0.1) is 6.42 Å². The maximum absolute atomic E-state index is 11.8. The predicted molar refractivity (Wildman–Crippen MR) is 338 cm³/mol. The minimum atomic E-state index is -1.07. The summed E-state index contributed by atoms with van der Waals surface area (Å²) in [6.07, 6.45) is 7.98. The lowest BCUT2D eigenvalue weighted by Gasteiger charge is -2.18. The average molecular weight is 1250 g/mol. The van der Waals surface area contributed by atoms with Gasteiger partial charge in [-0.25, -0.2) is 38.4 Å². The molecule has 4 atom stereocenters. The third kappa shape index (κ3) is 53.6. The lowest BCUT2D eigenvalue weighted by Crippen LogP contribution is -2.23. The van der Waals surface area contributed by atoms with Crippen molar-refractivity contribution in [1.29, 1.82) is 0 Å². The fourth-order valence-corrected chi connectivity index (χ4v) is 5.23. The van der Waals surface area contributed by atoms with Crippen LogP contribution in [0.4, 0.5) is 0 Å². The van der Waals surface area contributed by atoms with E-state index in [0.29, 0.717) is 22.3 Å². The van der Waals surface area contributed by atoms with Crippen molar-refractivity contribution in [1.82, 2.24) is 0 Å². The highest BCUT2D eigenvalue weighted by Crippen LogP contribution is 2.11. The number of carbonyl (C=O) groups is 10. The molecule has 20 heteroatoms. The fraction of sp³-hybridized carbons (Fsp3) is 0.362. The van der Waals surface area contributed by atoms with Gasteiger partial charge in [-0.2, -0.15) is 0 Å². The van der Waals surface area contributed by atoms with Crippen molar-refractivity contribution in [3.63, 3.8) is 0 Å². The summed E-state index contributed by atoms with van der Waals surface area (Å²) >= 11 is 5.16. The summed E-state index contributed by atoms with van der Waals surface area (Å²) in [5.41, 5.74) is -0.213. The average Bonchev–Trinajstić information content (AvgIpc) is 3.62. The second kappa shape index (κ2) is 44.8. The molecule has 4 rings (SSSR count). The van der Waals surface area contributed by atoms with Gasteiger partial charge >= 0.3 is 47.8 Å². The molecule has 0 saturated carbocycles. The number of aliphatic carboxylic acids is 1. The van der Waals surface area contributed by atoms with Crippen LogP contribution in [-0.4, -0.2) is 116 Å². The molecular weight excluding hydrogens is 1170 g/mol. The highest BCUT2D eigenvalue weighted by molar-refractivity contribution is 6.67. The van der Waals surface area contributed by atoms with Crippen molar-refractivity contribution in [3.8, 4) is 36.0 Å². The van der Waals surface area contributed by atoms with Crippen molar-refractivity contribution in [3.05, 3.63) is 168 Å². The molecule has 4 aromatic rings. The number of aliphatic hydroxyl groups is 1. The van der Waals surface area contributed by atoms with Gasteiger partial charge in [0.1, 0.15) is 47.0 Å². The summed E-state index contributed by atoms with van der Waals surface area (Å²) in [6, 6.07) is 34.5. The molecule has 4 aromatic carbocycles. The van der Waals surface area contributed by atoms with Crippen LogP contribution in [0.15, 0.2) is 146 Å². The molecule has 0 radical (unpaired) electrons. The van der Waals surface area contributed by atoms with E-state index in [4.69, 9.17) is 66.2 Å². The van der Waals surface area contributed by atoms with Gasteiger partial charge in [0.15, 0.2) is 6.10 Å². The van der Waals surface area contributed by atoms with E-state index in [0.717, 1.165) is 12.4 Å². The fourth-order valence-electron chi connectivity index (χ4n) is 5.11. The Balaban J connectivity index is -0.00000101. The second-order valence-corrected chi connectivity index (χ2v) is 22.0. The maximum atomic E-state index is 11.8. The third-order valence-electron chi connectivity index (χ3n) is 8.39. The molecule has 0 aliphatic heterocycles. The molecular formula is C69H83ClO19. The predicted octanol–water partition coefficient (Wildman–Crippen LogP) is 11.5. The van der Waals surface area contributed by atoms with Gasteiger partial charge in [0.25, 0.3) is 5.24 Å². The Labute approximate surface area is 528 Å². The number of carboxylic acid groups (broad SMARTS) is 1. The number of carbonyl (C=O) groups excluding carboxylic acids is 9. The Bertz CT molecular complexity index is 3060. The van der Waals surface area contributed by atoms with Gasteiger partial charge in [-0.1, -0.05) is 90.8 Å². The van der Waals surface area contributed by atoms with Gasteiger partial charge in [0.05, 0.1) is 16.7 Å². The lowest BCUT2D eigenvalue weighted by molar-refractivity contribution is -0.149. The summed E-state index contributed by atoms with van der Waals surface area (Å²) in [5.74, 6) is 6.43. The standard InChI is InChI=1S/C16H20O4.C16H18O4.C12H12O4.C9H14O3.C7H5ClO.C7H10O2.C2H4O/c2*1-12(10-11-14(17)20-16(2,3)4)19-15(18)13-8-6-5-7-9-13;1-9(7-8-11(13)14)16-12(15)10-5-3-2-4-6-10;1-7(10)5-6-8(11)12-9(2,3)4;8-7(9)6-4-2-1-3-5-6;1-5-6(8)9-7(2,3)4;1-2-3/h5-12H,1-4H3;5-9,12H,1-4H3;2-9H,1H3,(H,13,14);7,10H,1-4H3;1-5H;1H,2-4H3;2H,1H3/b11-10-;;8-7-;;;;. The molecule has 0 aliphatic rings. The van der Waals surface area contributed by atoms with Gasteiger partial charge in [0, 0.05) is 35.5 Å². The van der Waals surface area contributed by atoms with Crippen molar-refractivity contribution < 1.29 is 91.3 Å². The molecule has 480 valence electrons. The smallest absolute Gasteiger partial charge is 0.384 e. The van der Waals surface area contributed by atoms with Crippen LogP contribution >= 0.6 is 11.6 Å². The zero-order valence-electron chi connectivity index (χ0n) is 53.5. The summed E-state index contributed by atoms with van der Waals surface area (Å²) in [5, 5.41) is 16.7. The highest BCUT2D eigenvalue weighted by atomic mass is 35.5. The Morgan fingerprint density at radius 3 is 1.03 bits per heavy atom. The maximum Gasteiger partial charge on any atom is 0.384 e. The van der Waals surface area contributed by atoms with Crippen molar-refractivity contribution in [2.24, 2.45) is 0 Å². The molecule has 19 nitrogen and oxygen atoms in total. The highest BCUT2D eigenvalue weighted by Gasteiger charge is 2.18. The quantitative estimate of drug-likeness (QED) is 0.0268. The summed E-state index contributed by atoms with van der Waals surface area (Å²) < 4.78 is 35.0. The Morgan fingerprint density at radius 2 is 0.764 bits per heavy atom. The van der Waals surface area contributed by atoms with Gasteiger partial charge in [-0.05, 0) is 184 Å². The van der Waals surface area contributed by atoms with E-state index in [9.17, 15) is 43.2 Å². The molecule has 0 bridgehead atoms. The number of aldehydes is 1. The van der Waals surface area contributed by atoms with E-state index < -0.39 is 99.8 Å². The molecule has 2 N–H and O–H groups in total. The van der Waals surface area contributed by atoms with Gasteiger partial charge in [-0.3, -0.25) is 4.79 Å². The summed E-state index contributed by atoms with van der Waals surface area (Å²) in [6.45, 7) is 29.0. The third-order valence-corrected chi connectivity index (χ3v) is 8.61. The van der Waals surface area contributed by atoms with Crippen LogP contribution in [0.25, 0.3) is 0 Å². The molecule has 0 heterocycles. The molecule has 0 amide bonds. The van der Waals surface area contributed by atoms with Gasteiger partial charge < -0.3 is 48.2 Å². The number of aliphatic hydroxyl groups excluding tert-OH is 1. The first-order chi connectivity index (χ1) is 41.1. The van der Waals surface area contributed by atoms with Crippen molar-refractivity contribution in [2.75, 3.05) is 0 Å². The van der Waals surface area contributed by atoms with Gasteiger partial charge in [0.2, 0.25) is 0 Å². The van der Waals surface area contributed by atoms with Crippen LogP contribution < -0.4 is 0 Å². The number of ether oxygens (including phenoxy) is 7. The van der Waals surface area contributed by atoms with Crippen LogP contribution in [0.5, 0.6) is 0 Å². The number of rotatable bonds is 11. The number of esters is 7. The minimum absolute atomic E-state index is 0.407. The number of hydrogen-bond donors (Lipinski definition) is 2. The van der Waals surface area contributed by atoms with Crippen LogP contribution in [0.2, 0.25) is 0 Å². The zero-order valence-corrected chi connectivity index (χ0v) is 54.3. The number of terminal acetylenes is 1. The van der Waals surface area contributed by atoms with Crippen molar-refractivity contribution >= 4 is 70.9 Å². The number of carboxylic acids is 1. The van der Waals surface area contributed by atoms with Crippen LogP contribution in [0.1, 0.15) is 159 Å². The molecule has 0 fully saturated rings. The zero-order chi connectivity index (χ0) is 69.0. The normalized spacial score (nSPS) is 11.6. The van der Waals surface area contributed by atoms with E-state index in [2.05, 4.69) is 23.7 Å². The number of benzene rings is 4. The van der Waals surface area contributed by atoms with E-state index >= 15 is 0 Å². The minimum Gasteiger partial charge on any atom is -0.478 e. The van der Waals surface area contributed by atoms with Crippen molar-refractivity contribution in [2.45, 2.75) is 165 Å². The first-order valence-electron chi connectivity index (χ1n) is 27.3. The van der Waals surface area contributed by atoms with Crippen LogP contribution in [0, 0.1) is 36.0 Å². The SMILES string of the molecule is C#CC(=O)OC(C)(C)C.CC(/C=C\C(=O)O)OC(=O)c1ccccc1.CC(/C=C\C(=O)OC(C)(C)C)OC(=O)c1ccccc1.CC(C#CC(=O)OC(C)(C)C)OC(=O)c1ccccc1.CC(O)C#CC(=O)OC(C)(C)C.CC=O.O=C(Cl)c1ccccc1. The summed E-state index contributed by atoms with van der Waals surface area (Å²) in [4.78, 5) is 109. The molecule has 0 aromatic heterocycles. The number of halogens is 1. The van der Waals surface area contributed by atoms with E-state index in [1.807, 2.05) is 24.1 Å². The largest absolute Gasteiger partial charge is 0.478 e. The Kier molecular flexibility index (Phi) is 42.1. The number of hydrogen-bond acceptors (Lipinski definition) is 18. The topological polar surface area (TPSA) is 276 Å². The summed E-state index contributed by atoms with van der Waals surface area (Å²) in [7, 11) is 0. The molecule has 0 spiro atoms.